The fourth-order valence-electron chi connectivity index (χ4n) is 1.67. The number of hydrazone groups is 1. The number of nitrogens with zero attached hydrogens (tertiary/aromatic N) is 3. The van der Waals surface area contributed by atoms with E-state index in [0.717, 1.165) is 11.2 Å². The Hall–Kier alpha value is -2.91. The van der Waals surface area contributed by atoms with E-state index in [2.05, 4.69) is 5.10 Å². The zero-order valence-corrected chi connectivity index (χ0v) is 12.5. The van der Waals surface area contributed by atoms with Gasteiger partial charge in [0.05, 0.1) is 24.7 Å². The van der Waals surface area contributed by atoms with Crippen molar-refractivity contribution in [3.05, 3.63) is 28.0 Å². The minimum atomic E-state index is -0.701. The summed E-state index contributed by atoms with van der Waals surface area (Å²) < 4.78 is 14.9. The van der Waals surface area contributed by atoms with Crippen LogP contribution in [0.1, 0.15) is 19.6 Å². The Labute approximate surface area is 130 Å². The molecule has 10 heteroatoms. The van der Waals surface area contributed by atoms with Gasteiger partial charge in [0.15, 0.2) is 11.9 Å². The molecule has 10 nitrogen and oxygen atoms in total. The molecule has 1 unspecified atom stereocenters. The molecule has 23 heavy (non-hydrogen) atoms. The van der Waals surface area contributed by atoms with Crippen LogP contribution >= 0.6 is 0 Å². The second-order valence-corrected chi connectivity index (χ2v) is 5.05. The van der Waals surface area contributed by atoms with Gasteiger partial charge < -0.3 is 13.9 Å². The summed E-state index contributed by atoms with van der Waals surface area (Å²) in [4.78, 5) is 32.8. The number of furan rings is 1. The molecule has 0 radical (unpaired) electrons. The summed E-state index contributed by atoms with van der Waals surface area (Å²) in [5.41, 5.74) is 0. The zero-order chi connectivity index (χ0) is 17.0. The molecular formula is C13H15N3O7. The molecule has 1 fully saturated rings. The van der Waals surface area contributed by atoms with Gasteiger partial charge in [0.25, 0.3) is 0 Å². The minimum Gasteiger partial charge on any atom is -0.461 e. The van der Waals surface area contributed by atoms with Gasteiger partial charge in [-0.2, -0.15) is 10.1 Å². The molecule has 1 aliphatic heterocycles. The second kappa shape index (κ2) is 6.90. The first kappa shape index (κ1) is 16.5. The summed E-state index contributed by atoms with van der Waals surface area (Å²) in [6, 6.07) is 2.53. The number of amides is 1. The third-order valence-corrected chi connectivity index (χ3v) is 2.85. The predicted molar refractivity (Wildman–Crippen MR) is 75.7 cm³/mol. The van der Waals surface area contributed by atoms with Crippen molar-refractivity contribution in [2.24, 2.45) is 11.0 Å². The molecule has 1 aromatic heterocycles. The number of hydrogen-bond acceptors (Lipinski definition) is 8. The smallest absolute Gasteiger partial charge is 0.433 e. The van der Waals surface area contributed by atoms with E-state index in [1.807, 2.05) is 0 Å². The highest BCUT2D eigenvalue weighted by Crippen LogP contribution is 2.16. The molecule has 1 atom stereocenters. The molecule has 1 aromatic rings. The van der Waals surface area contributed by atoms with Gasteiger partial charge in [-0.15, -0.1) is 0 Å². The lowest BCUT2D eigenvalue weighted by Gasteiger charge is -2.10. The molecular weight excluding hydrogens is 310 g/mol. The highest BCUT2D eigenvalue weighted by Gasteiger charge is 2.32. The molecule has 1 aliphatic rings. The summed E-state index contributed by atoms with van der Waals surface area (Å²) in [5.74, 6) is -0.949. The van der Waals surface area contributed by atoms with Crippen LogP contribution in [0.25, 0.3) is 0 Å². The number of rotatable bonds is 6. The molecule has 0 saturated carbocycles. The van der Waals surface area contributed by atoms with E-state index in [1.165, 1.54) is 12.1 Å². The van der Waals surface area contributed by atoms with E-state index in [9.17, 15) is 19.7 Å². The van der Waals surface area contributed by atoms with E-state index < -0.39 is 23.0 Å². The van der Waals surface area contributed by atoms with Crippen molar-refractivity contribution in [2.75, 3.05) is 13.2 Å². The monoisotopic (exact) mass is 325 g/mol. The Bertz CT molecular complexity index is 637. The van der Waals surface area contributed by atoms with Crippen molar-refractivity contribution in [3.63, 3.8) is 0 Å². The van der Waals surface area contributed by atoms with E-state index >= 15 is 0 Å². The van der Waals surface area contributed by atoms with Gasteiger partial charge in [-0.25, -0.2) is 4.79 Å². The summed E-state index contributed by atoms with van der Waals surface area (Å²) in [6.45, 7) is 3.44. The lowest BCUT2D eigenvalue weighted by molar-refractivity contribution is -0.402. The van der Waals surface area contributed by atoms with Crippen molar-refractivity contribution in [1.82, 2.24) is 5.01 Å². The number of esters is 1. The fraction of sp³-hybridized carbons (Fsp3) is 0.462. The SMILES string of the molecule is CC(C)C(=O)OCC1CN(N=Cc2ccc([N+](=O)[O-])o2)C(=O)O1. The standard InChI is InChI=1S/C13H15N3O7/c1-8(2)12(17)21-7-10-6-15(13(18)23-10)14-5-9-3-4-11(22-9)16(19)20/h3-5,8,10H,6-7H2,1-2H3. The van der Waals surface area contributed by atoms with E-state index in [0.29, 0.717) is 0 Å². The van der Waals surface area contributed by atoms with Gasteiger partial charge in [-0.1, -0.05) is 13.8 Å². The molecule has 0 aliphatic carbocycles. The van der Waals surface area contributed by atoms with Crippen molar-refractivity contribution in [1.29, 1.82) is 0 Å². The maximum atomic E-state index is 11.6. The van der Waals surface area contributed by atoms with Crippen LogP contribution in [0.3, 0.4) is 0 Å². The molecule has 0 spiro atoms. The van der Waals surface area contributed by atoms with Crippen LogP contribution in [-0.4, -0.2) is 47.5 Å². The molecule has 0 aromatic carbocycles. The largest absolute Gasteiger partial charge is 0.461 e. The quantitative estimate of drug-likeness (QED) is 0.336. The summed E-state index contributed by atoms with van der Waals surface area (Å²) >= 11 is 0. The van der Waals surface area contributed by atoms with Gasteiger partial charge in [0.2, 0.25) is 0 Å². The Morgan fingerprint density at radius 1 is 1.61 bits per heavy atom. The highest BCUT2D eigenvalue weighted by atomic mass is 16.6. The normalized spacial score (nSPS) is 17.8. The number of carbonyl (C=O) groups is 2. The van der Waals surface area contributed by atoms with Crippen LogP contribution in [0.5, 0.6) is 0 Å². The van der Waals surface area contributed by atoms with Crippen LogP contribution < -0.4 is 0 Å². The van der Waals surface area contributed by atoms with Crippen LogP contribution in [0, 0.1) is 16.0 Å². The van der Waals surface area contributed by atoms with Gasteiger partial charge >= 0.3 is 17.9 Å². The summed E-state index contributed by atoms with van der Waals surface area (Å²) in [6.07, 6.45) is -0.155. The van der Waals surface area contributed by atoms with Gasteiger partial charge in [-0.3, -0.25) is 14.9 Å². The number of hydrogen-bond donors (Lipinski definition) is 0. The molecule has 0 N–H and O–H groups in total. The minimum absolute atomic E-state index is 0.0546. The van der Waals surface area contributed by atoms with Crippen LogP contribution in [-0.2, 0) is 14.3 Å². The Kier molecular flexibility index (Phi) is 4.94. The average Bonchev–Trinajstić information content (AvgIpc) is 3.09. The van der Waals surface area contributed by atoms with E-state index in [-0.39, 0.29) is 30.8 Å². The summed E-state index contributed by atoms with van der Waals surface area (Å²) in [5, 5.41) is 15.3. The lowest BCUT2D eigenvalue weighted by Crippen LogP contribution is -2.24. The van der Waals surface area contributed by atoms with Gasteiger partial charge in [-0.05, 0) is 6.07 Å². The Balaban J connectivity index is 1.88. The molecule has 0 bridgehead atoms. The number of carbonyl (C=O) groups excluding carboxylic acids is 2. The average molecular weight is 325 g/mol. The van der Waals surface area contributed by atoms with Gasteiger partial charge in [0, 0.05) is 0 Å². The Morgan fingerprint density at radius 3 is 2.96 bits per heavy atom. The van der Waals surface area contributed by atoms with Crippen molar-refractivity contribution in [2.45, 2.75) is 20.0 Å². The van der Waals surface area contributed by atoms with Crippen LogP contribution in [0.4, 0.5) is 10.7 Å². The maximum Gasteiger partial charge on any atom is 0.433 e. The van der Waals surface area contributed by atoms with E-state index in [1.54, 1.807) is 13.8 Å². The van der Waals surface area contributed by atoms with Crippen molar-refractivity contribution >= 4 is 24.2 Å². The van der Waals surface area contributed by atoms with Crippen molar-refractivity contribution in [3.8, 4) is 0 Å². The van der Waals surface area contributed by atoms with Crippen LogP contribution in [0.2, 0.25) is 0 Å². The van der Waals surface area contributed by atoms with Crippen LogP contribution in [0.15, 0.2) is 21.7 Å². The maximum absolute atomic E-state index is 11.6. The second-order valence-electron chi connectivity index (χ2n) is 5.05. The lowest BCUT2D eigenvalue weighted by atomic mass is 10.2. The number of ether oxygens (including phenoxy) is 2. The van der Waals surface area contributed by atoms with E-state index in [4.69, 9.17) is 13.9 Å². The summed E-state index contributed by atoms with van der Waals surface area (Å²) in [7, 11) is 0. The zero-order valence-electron chi connectivity index (χ0n) is 12.5. The van der Waals surface area contributed by atoms with Crippen molar-refractivity contribution < 1.29 is 28.4 Å². The first-order valence-corrected chi connectivity index (χ1v) is 6.80. The first-order chi connectivity index (χ1) is 10.9. The predicted octanol–water partition coefficient (Wildman–Crippen LogP) is 1.54. The fourth-order valence-corrected chi connectivity index (χ4v) is 1.67. The third-order valence-electron chi connectivity index (χ3n) is 2.85. The molecule has 1 amide bonds. The molecule has 124 valence electrons. The number of nitro groups is 1. The first-order valence-electron chi connectivity index (χ1n) is 6.80. The third kappa shape index (κ3) is 4.28. The highest BCUT2D eigenvalue weighted by molar-refractivity contribution is 5.78. The molecule has 2 heterocycles. The van der Waals surface area contributed by atoms with Gasteiger partial charge in [0.1, 0.15) is 11.5 Å². The molecule has 1 saturated heterocycles. The topological polar surface area (TPSA) is 124 Å². The molecule has 2 rings (SSSR count). The Morgan fingerprint density at radius 2 is 2.35 bits per heavy atom. The number of cyclic esters (lactones) is 1.